The van der Waals surface area contributed by atoms with Crippen molar-refractivity contribution in [3.8, 4) is 5.75 Å². The Balaban J connectivity index is 0.00000289. The molecule has 32 heavy (non-hydrogen) atoms. The Kier molecular flexibility index (Phi) is 7.86. The molecule has 0 radical (unpaired) electrons. The van der Waals surface area contributed by atoms with Gasteiger partial charge < -0.3 is 25.6 Å². The molecule has 7 nitrogen and oxygen atoms in total. The van der Waals surface area contributed by atoms with Crippen molar-refractivity contribution in [1.82, 2.24) is 16.0 Å². The van der Waals surface area contributed by atoms with Crippen LogP contribution in [0.25, 0.3) is 0 Å². The van der Waals surface area contributed by atoms with Crippen molar-refractivity contribution < 1.29 is 9.53 Å². The fourth-order valence-electron chi connectivity index (χ4n) is 4.16. The van der Waals surface area contributed by atoms with E-state index in [2.05, 4.69) is 70.0 Å². The van der Waals surface area contributed by atoms with Crippen LogP contribution in [0.15, 0.2) is 53.5 Å². The van der Waals surface area contributed by atoms with Gasteiger partial charge >= 0.3 is 0 Å². The predicted octanol–water partition coefficient (Wildman–Crippen LogP) is 3.21. The number of piperazine rings is 1. The van der Waals surface area contributed by atoms with Crippen LogP contribution in [-0.4, -0.2) is 44.1 Å². The molecule has 8 heteroatoms. The summed E-state index contributed by atoms with van der Waals surface area (Å²) < 4.78 is 6.13. The summed E-state index contributed by atoms with van der Waals surface area (Å²) in [6.07, 6.45) is 0.850. The van der Waals surface area contributed by atoms with Gasteiger partial charge in [-0.3, -0.25) is 9.79 Å². The summed E-state index contributed by atoms with van der Waals surface area (Å²) in [4.78, 5) is 18.1. The van der Waals surface area contributed by atoms with Gasteiger partial charge in [-0.15, -0.1) is 24.0 Å². The van der Waals surface area contributed by atoms with Crippen LogP contribution in [0.1, 0.15) is 37.4 Å². The molecule has 172 valence electrons. The second-order valence-corrected chi connectivity index (χ2v) is 8.66. The van der Waals surface area contributed by atoms with Gasteiger partial charge in [0, 0.05) is 44.4 Å². The lowest BCUT2D eigenvalue weighted by Crippen LogP contribution is -2.47. The number of hydrogen-bond acceptors (Lipinski definition) is 4. The second-order valence-electron chi connectivity index (χ2n) is 8.66. The van der Waals surface area contributed by atoms with E-state index in [4.69, 9.17) is 4.74 Å². The van der Waals surface area contributed by atoms with E-state index in [1.165, 1.54) is 0 Å². The first kappa shape index (κ1) is 24.2. The van der Waals surface area contributed by atoms with Crippen LogP contribution >= 0.6 is 24.0 Å². The van der Waals surface area contributed by atoms with Crippen LogP contribution < -0.4 is 25.6 Å². The Morgan fingerprint density at radius 1 is 1.22 bits per heavy atom. The summed E-state index contributed by atoms with van der Waals surface area (Å²) in [5, 5.41) is 9.84. The number of carbonyl (C=O) groups excluding carboxylic acids is 1. The van der Waals surface area contributed by atoms with Gasteiger partial charge in [0.05, 0.1) is 12.6 Å². The topological polar surface area (TPSA) is 78.0 Å². The third-order valence-electron chi connectivity index (χ3n) is 5.71. The fourth-order valence-corrected chi connectivity index (χ4v) is 4.16. The highest BCUT2D eigenvalue weighted by molar-refractivity contribution is 14.0. The molecule has 0 bridgehead atoms. The van der Waals surface area contributed by atoms with Crippen LogP contribution in [0, 0.1) is 0 Å². The Morgan fingerprint density at radius 3 is 2.69 bits per heavy atom. The Hall–Kier alpha value is -2.49. The maximum atomic E-state index is 11.6. The SMILES string of the molecule is CN=C(NCc1ccc(N2CCNC(=O)C2)cc1)NC1CC(C)(C)Oc2ccccc21.I. The molecule has 4 rings (SSSR count). The lowest BCUT2D eigenvalue weighted by atomic mass is 9.90. The summed E-state index contributed by atoms with van der Waals surface area (Å²) in [5.41, 5.74) is 3.13. The van der Waals surface area contributed by atoms with Crippen LogP contribution in [0.2, 0.25) is 0 Å². The number of halogens is 1. The molecule has 1 unspecified atom stereocenters. The molecule has 1 saturated heterocycles. The van der Waals surface area contributed by atoms with Gasteiger partial charge in [0.2, 0.25) is 5.91 Å². The number of carbonyl (C=O) groups is 1. The molecular weight excluding hydrogens is 517 g/mol. The highest BCUT2D eigenvalue weighted by Gasteiger charge is 2.33. The lowest BCUT2D eigenvalue weighted by Gasteiger charge is -2.38. The van der Waals surface area contributed by atoms with Gasteiger partial charge in [-0.1, -0.05) is 30.3 Å². The minimum Gasteiger partial charge on any atom is -0.487 e. The van der Waals surface area contributed by atoms with Crippen LogP contribution in [0.4, 0.5) is 5.69 Å². The number of amides is 1. The zero-order valence-electron chi connectivity index (χ0n) is 18.9. The zero-order chi connectivity index (χ0) is 21.8. The first-order chi connectivity index (χ1) is 14.9. The van der Waals surface area contributed by atoms with E-state index in [9.17, 15) is 4.79 Å². The molecular formula is C24H32IN5O2. The second kappa shape index (κ2) is 10.4. The molecule has 0 spiro atoms. The number of para-hydroxylation sites is 1. The fraction of sp³-hybridized carbons (Fsp3) is 0.417. The van der Waals surface area contributed by atoms with Gasteiger partial charge in [0.25, 0.3) is 0 Å². The maximum Gasteiger partial charge on any atom is 0.239 e. The minimum atomic E-state index is -0.244. The molecule has 0 saturated carbocycles. The van der Waals surface area contributed by atoms with Crippen molar-refractivity contribution in [2.45, 2.75) is 38.5 Å². The Bertz CT molecular complexity index is 961. The number of ether oxygens (including phenoxy) is 1. The van der Waals surface area contributed by atoms with Crippen molar-refractivity contribution in [2.75, 3.05) is 31.6 Å². The number of aliphatic imine (C=N–C) groups is 1. The molecule has 0 aromatic heterocycles. The van der Waals surface area contributed by atoms with E-state index in [1.807, 2.05) is 18.2 Å². The standard InChI is InChI=1S/C24H31N5O2.HI/c1-24(2)14-20(19-6-4-5-7-21(19)31-24)28-23(25-3)27-15-17-8-10-18(11-9-17)29-13-12-26-22(30)16-29;/h4-11,20H,12-16H2,1-3H3,(H,26,30)(H2,25,27,28);1H. The van der Waals surface area contributed by atoms with Gasteiger partial charge in [-0.2, -0.15) is 0 Å². The highest BCUT2D eigenvalue weighted by atomic mass is 127. The first-order valence-electron chi connectivity index (χ1n) is 10.8. The molecule has 2 aliphatic heterocycles. The largest absolute Gasteiger partial charge is 0.487 e. The summed E-state index contributed by atoms with van der Waals surface area (Å²) in [5.74, 6) is 1.76. The first-order valence-corrected chi connectivity index (χ1v) is 10.8. The number of nitrogens with one attached hydrogen (secondary N) is 3. The van der Waals surface area contributed by atoms with Crippen LogP contribution in [0.5, 0.6) is 5.75 Å². The number of hydrogen-bond donors (Lipinski definition) is 3. The number of guanidine groups is 1. The smallest absolute Gasteiger partial charge is 0.239 e. The third-order valence-corrected chi connectivity index (χ3v) is 5.71. The molecule has 2 heterocycles. The van der Waals surface area contributed by atoms with Gasteiger partial charge in [0.1, 0.15) is 11.4 Å². The predicted molar refractivity (Wildman–Crippen MR) is 139 cm³/mol. The molecule has 2 aromatic rings. The summed E-state index contributed by atoms with van der Waals surface area (Å²) in [6.45, 7) is 6.83. The molecule has 2 aromatic carbocycles. The van der Waals surface area contributed by atoms with Crippen molar-refractivity contribution in [2.24, 2.45) is 4.99 Å². The normalized spacial score (nSPS) is 19.7. The molecule has 0 aliphatic carbocycles. The number of fused-ring (bicyclic) bond motifs is 1. The monoisotopic (exact) mass is 549 g/mol. The third kappa shape index (κ3) is 5.85. The van der Waals surface area contributed by atoms with E-state index >= 15 is 0 Å². The van der Waals surface area contributed by atoms with E-state index in [0.29, 0.717) is 19.6 Å². The van der Waals surface area contributed by atoms with E-state index in [0.717, 1.165) is 41.5 Å². The molecule has 3 N–H and O–H groups in total. The van der Waals surface area contributed by atoms with Gasteiger partial charge in [0.15, 0.2) is 5.96 Å². The number of benzene rings is 2. The zero-order valence-corrected chi connectivity index (χ0v) is 21.2. The molecule has 1 fully saturated rings. The van der Waals surface area contributed by atoms with Crippen LogP contribution in [-0.2, 0) is 11.3 Å². The quantitative estimate of drug-likeness (QED) is 0.310. The van der Waals surface area contributed by atoms with Crippen molar-refractivity contribution in [3.05, 3.63) is 59.7 Å². The number of anilines is 1. The lowest BCUT2D eigenvalue weighted by molar-refractivity contribution is -0.120. The van der Waals surface area contributed by atoms with E-state index in [1.54, 1.807) is 7.05 Å². The maximum absolute atomic E-state index is 11.6. The van der Waals surface area contributed by atoms with Crippen LogP contribution in [0.3, 0.4) is 0 Å². The molecule has 2 aliphatic rings. The minimum absolute atomic E-state index is 0. The Labute approximate surface area is 207 Å². The average molecular weight is 549 g/mol. The average Bonchev–Trinajstić information content (AvgIpc) is 2.76. The number of rotatable bonds is 4. The van der Waals surface area contributed by atoms with Crippen molar-refractivity contribution in [1.29, 1.82) is 0 Å². The summed E-state index contributed by atoms with van der Waals surface area (Å²) in [7, 11) is 1.79. The van der Waals surface area contributed by atoms with Crippen molar-refractivity contribution >= 4 is 41.5 Å². The summed E-state index contributed by atoms with van der Waals surface area (Å²) in [6, 6.07) is 16.6. The molecule has 1 amide bonds. The van der Waals surface area contributed by atoms with Gasteiger partial charge in [-0.05, 0) is 37.6 Å². The Morgan fingerprint density at radius 2 is 1.97 bits per heavy atom. The van der Waals surface area contributed by atoms with E-state index in [-0.39, 0.29) is 41.5 Å². The molecule has 1 atom stereocenters. The number of nitrogens with zero attached hydrogens (tertiary/aromatic N) is 2. The van der Waals surface area contributed by atoms with Crippen molar-refractivity contribution in [3.63, 3.8) is 0 Å². The highest BCUT2D eigenvalue weighted by Crippen LogP contribution is 2.39. The van der Waals surface area contributed by atoms with Gasteiger partial charge in [-0.25, -0.2) is 0 Å². The summed E-state index contributed by atoms with van der Waals surface area (Å²) >= 11 is 0. The van der Waals surface area contributed by atoms with E-state index < -0.39 is 0 Å².